The lowest BCUT2D eigenvalue weighted by molar-refractivity contribution is 0.366. The first-order valence-electron chi connectivity index (χ1n) is 8.36. The smallest absolute Gasteiger partial charge is 0.153 e. The molecule has 0 amide bonds. The molecule has 0 radical (unpaired) electrons. The molecule has 1 atom stereocenters. The zero-order valence-electron chi connectivity index (χ0n) is 14.5. The third-order valence-electron chi connectivity index (χ3n) is 4.68. The Morgan fingerprint density at radius 3 is 2.48 bits per heavy atom. The second kappa shape index (κ2) is 6.45. The van der Waals surface area contributed by atoms with Crippen molar-refractivity contribution in [3.63, 3.8) is 0 Å². The average molecular weight is 338 g/mol. The highest BCUT2D eigenvalue weighted by atomic mass is 16.3. The second-order valence-corrected chi connectivity index (χ2v) is 6.32. The molecule has 7 nitrogen and oxygen atoms in total. The zero-order valence-corrected chi connectivity index (χ0v) is 14.5. The first-order chi connectivity index (χ1) is 12.1. The molecule has 25 heavy (non-hydrogen) atoms. The van der Waals surface area contributed by atoms with Gasteiger partial charge in [0, 0.05) is 5.56 Å². The predicted octanol–water partition coefficient (Wildman–Crippen LogP) is 2.43. The lowest BCUT2D eigenvalue weighted by atomic mass is 10.1. The molecule has 1 saturated heterocycles. The Kier molecular flexibility index (Phi) is 4.14. The molecule has 1 unspecified atom stereocenters. The lowest BCUT2D eigenvalue weighted by Gasteiger charge is -2.21. The van der Waals surface area contributed by atoms with Crippen LogP contribution in [-0.2, 0) is 0 Å². The van der Waals surface area contributed by atoms with Crippen LogP contribution >= 0.6 is 0 Å². The summed E-state index contributed by atoms with van der Waals surface area (Å²) in [6, 6.07) is 12.4. The Labute approximate surface area is 146 Å². The Balaban J connectivity index is 1.85. The van der Waals surface area contributed by atoms with E-state index in [0.29, 0.717) is 0 Å². The van der Waals surface area contributed by atoms with E-state index < -0.39 is 0 Å². The molecule has 4 rings (SSSR count). The van der Waals surface area contributed by atoms with Gasteiger partial charge in [0.25, 0.3) is 0 Å². The molecule has 0 saturated carbocycles. The normalized spacial score (nSPS) is 16.4. The first kappa shape index (κ1) is 16.0. The van der Waals surface area contributed by atoms with E-state index in [9.17, 15) is 0 Å². The van der Waals surface area contributed by atoms with Gasteiger partial charge in [0.1, 0.15) is 17.6 Å². The number of imidazole rings is 1. The standard InChI is InChI=1S/C18H22N6O/c1-11-9-15(25-13(11)3)17-16(14-7-5-4-6-8-14)19-10-24(17)12(2)18-20-22-23-21-18/h4-10,12,18,20-23H,1-3H3. The van der Waals surface area contributed by atoms with Crippen molar-refractivity contribution in [2.75, 3.05) is 0 Å². The maximum atomic E-state index is 6.04. The fourth-order valence-electron chi connectivity index (χ4n) is 3.08. The molecule has 0 spiro atoms. The van der Waals surface area contributed by atoms with E-state index in [1.54, 1.807) is 0 Å². The van der Waals surface area contributed by atoms with Crippen molar-refractivity contribution in [1.29, 1.82) is 0 Å². The molecule has 1 fully saturated rings. The molecule has 1 aliphatic heterocycles. The summed E-state index contributed by atoms with van der Waals surface area (Å²) in [6.45, 7) is 6.17. The van der Waals surface area contributed by atoms with Crippen molar-refractivity contribution < 1.29 is 4.42 Å². The van der Waals surface area contributed by atoms with Crippen LogP contribution in [0.3, 0.4) is 0 Å². The quantitative estimate of drug-likeness (QED) is 0.585. The largest absolute Gasteiger partial charge is 0.459 e. The molecule has 2 aromatic heterocycles. The summed E-state index contributed by atoms with van der Waals surface area (Å²) in [5.74, 6) is 1.76. The highest BCUT2D eigenvalue weighted by molar-refractivity contribution is 5.76. The van der Waals surface area contributed by atoms with Crippen molar-refractivity contribution in [2.24, 2.45) is 0 Å². The summed E-state index contributed by atoms with van der Waals surface area (Å²) in [6.07, 6.45) is 1.88. The van der Waals surface area contributed by atoms with Crippen LogP contribution in [0.4, 0.5) is 0 Å². The van der Waals surface area contributed by atoms with Gasteiger partial charge in [-0.3, -0.25) is 0 Å². The number of nitrogens with zero attached hydrogens (tertiary/aromatic N) is 2. The highest BCUT2D eigenvalue weighted by Gasteiger charge is 2.27. The van der Waals surface area contributed by atoms with Crippen molar-refractivity contribution in [2.45, 2.75) is 33.0 Å². The molecule has 1 aliphatic rings. The van der Waals surface area contributed by atoms with Crippen LogP contribution in [0.2, 0.25) is 0 Å². The molecule has 3 aromatic rings. The van der Waals surface area contributed by atoms with Crippen LogP contribution in [0.5, 0.6) is 0 Å². The predicted molar refractivity (Wildman–Crippen MR) is 95.9 cm³/mol. The molecular weight excluding hydrogens is 316 g/mol. The van der Waals surface area contributed by atoms with E-state index in [0.717, 1.165) is 34.0 Å². The maximum absolute atomic E-state index is 6.04. The summed E-state index contributed by atoms with van der Waals surface area (Å²) in [5, 5.41) is 0. The molecule has 7 heteroatoms. The van der Waals surface area contributed by atoms with Crippen molar-refractivity contribution in [1.82, 2.24) is 31.5 Å². The molecule has 3 heterocycles. The number of aromatic nitrogens is 2. The van der Waals surface area contributed by atoms with Gasteiger partial charge in [0.2, 0.25) is 0 Å². The van der Waals surface area contributed by atoms with Gasteiger partial charge in [-0.2, -0.15) is 11.1 Å². The highest BCUT2D eigenvalue weighted by Crippen LogP contribution is 2.35. The number of hydrogen-bond donors (Lipinski definition) is 4. The molecule has 1 aromatic carbocycles. The summed E-state index contributed by atoms with van der Waals surface area (Å²) in [5.41, 5.74) is 16.1. The topological polar surface area (TPSA) is 79.1 Å². The minimum Gasteiger partial charge on any atom is -0.459 e. The number of furan rings is 1. The van der Waals surface area contributed by atoms with Crippen LogP contribution in [0.15, 0.2) is 47.1 Å². The third-order valence-corrected chi connectivity index (χ3v) is 4.68. The Morgan fingerprint density at radius 2 is 1.84 bits per heavy atom. The van der Waals surface area contributed by atoms with Gasteiger partial charge in [-0.25, -0.2) is 15.8 Å². The van der Waals surface area contributed by atoms with E-state index in [2.05, 4.69) is 58.5 Å². The average Bonchev–Trinajstić information content (AvgIpc) is 3.35. The minimum atomic E-state index is 0.00808. The SMILES string of the molecule is Cc1cc(-c2c(-c3ccccc3)ncn2C(C)C2NNNN2)oc1C. The third kappa shape index (κ3) is 2.87. The van der Waals surface area contributed by atoms with Gasteiger partial charge in [-0.1, -0.05) is 30.3 Å². The van der Waals surface area contributed by atoms with Gasteiger partial charge in [0.15, 0.2) is 5.76 Å². The zero-order chi connectivity index (χ0) is 17.4. The van der Waals surface area contributed by atoms with Crippen LogP contribution in [0.1, 0.15) is 24.3 Å². The van der Waals surface area contributed by atoms with Crippen molar-refractivity contribution in [3.8, 4) is 22.7 Å². The number of hydrogen-bond acceptors (Lipinski definition) is 6. The fourth-order valence-corrected chi connectivity index (χ4v) is 3.08. The Bertz CT molecular complexity index is 844. The number of benzene rings is 1. The van der Waals surface area contributed by atoms with Gasteiger partial charge in [-0.15, -0.1) is 0 Å². The van der Waals surface area contributed by atoms with E-state index >= 15 is 0 Å². The van der Waals surface area contributed by atoms with Crippen LogP contribution < -0.4 is 21.9 Å². The summed E-state index contributed by atoms with van der Waals surface area (Å²) >= 11 is 0. The number of hydrazine groups is 3. The molecule has 4 N–H and O–H groups in total. The molecule has 0 aliphatic carbocycles. The van der Waals surface area contributed by atoms with Crippen LogP contribution in [-0.4, -0.2) is 15.7 Å². The van der Waals surface area contributed by atoms with Gasteiger partial charge in [0.05, 0.1) is 18.1 Å². The lowest BCUT2D eigenvalue weighted by Crippen LogP contribution is -2.40. The Morgan fingerprint density at radius 1 is 1.12 bits per heavy atom. The van der Waals surface area contributed by atoms with Gasteiger partial charge in [-0.05, 0) is 32.4 Å². The summed E-state index contributed by atoms with van der Waals surface area (Å²) in [4.78, 5) is 4.70. The van der Waals surface area contributed by atoms with E-state index in [1.807, 2.05) is 31.5 Å². The van der Waals surface area contributed by atoms with E-state index in [4.69, 9.17) is 9.40 Å². The number of aryl methyl sites for hydroxylation is 2. The van der Waals surface area contributed by atoms with Crippen LogP contribution in [0.25, 0.3) is 22.7 Å². The number of rotatable bonds is 4. The number of nitrogens with one attached hydrogen (secondary N) is 4. The Hall–Kier alpha value is -2.45. The summed E-state index contributed by atoms with van der Waals surface area (Å²) < 4.78 is 8.18. The minimum absolute atomic E-state index is 0.00808. The maximum Gasteiger partial charge on any atom is 0.153 e. The van der Waals surface area contributed by atoms with Crippen LogP contribution in [0, 0.1) is 13.8 Å². The second-order valence-electron chi connectivity index (χ2n) is 6.32. The molecule has 130 valence electrons. The monoisotopic (exact) mass is 338 g/mol. The van der Waals surface area contributed by atoms with E-state index in [1.165, 1.54) is 0 Å². The van der Waals surface area contributed by atoms with Crippen molar-refractivity contribution >= 4 is 0 Å². The van der Waals surface area contributed by atoms with E-state index in [-0.39, 0.29) is 12.2 Å². The van der Waals surface area contributed by atoms with Gasteiger partial charge < -0.3 is 8.98 Å². The summed E-state index contributed by atoms with van der Waals surface area (Å²) in [7, 11) is 0. The van der Waals surface area contributed by atoms with Crippen molar-refractivity contribution in [3.05, 3.63) is 54.0 Å². The molecule has 0 bridgehead atoms. The molecular formula is C18H22N6O. The van der Waals surface area contributed by atoms with Gasteiger partial charge >= 0.3 is 0 Å². The fraction of sp³-hybridized carbons (Fsp3) is 0.278. The first-order valence-corrected chi connectivity index (χ1v) is 8.36.